The molecule has 3 saturated carbocycles. The van der Waals surface area contributed by atoms with E-state index >= 15 is 0 Å². The zero-order valence-corrected chi connectivity index (χ0v) is 12.0. The van der Waals surface area contributed by atoms with Gasteiger partial charge in [-0.2, -0.15) is 0 Å². The van der Waals surface area contributed by atoms with E-state index in [4.69, 9.17) is 4.74 Å². The third-order valence-electron chi connectivity index (χ3n) is 6.66. The Hall–Kier alpha value is -0.530. The van der Waals surface area contributed by atoms with Gasteiger partial charge >= 0.3 is 5.97 Å². The van der Waals surface area contributed by atoms with Crippen molar-refractivity contribution in [2.24, 2.45) is 22.7 Å². The topological polar surface area (TPSA) is 26.3 Å². The molecular weight excluding hydrogens is 224 g/mol. The molecule has 0 aliphatic heterocycles. The van der Waals surface area contributed by atoms with Crippen LogP contribution in [0.1, 0.15) is 65.7 Å². The molecule has 3 rings (SSSR count). The van der Waals surface area contributed by atoms with E-state index in [1.807, 2.05) is 0 Å². The van der Waals surface area contributed by atoms with E-state index in [9.17, 15) is 4.79 Å². The van der Waals surface area contributed by atoms with E-state index in [0.717, 1.165) is 25.2 Å². The number of hydrogen-bond donors (Lipinski definition) is 0. The van der Waals surface area contributed by atoms with E-state index in [0.29, 0.717) is 5.41 Å². The number of fused-ring (bicyclic) bond motifs is 2. The first-order valence-electron chi connectivity index (χ1n) is 7.65. The molecule has 2 nitrogen and oxygen atoms in total. The van der Waals surface area contributed by atoms with Crippen LogP contribution < -0.4 is 0 Å². The third kappa shape index (κ3) is 1.57. The van der Waals surface area contributed by atoms with E-state index in [-0.39, 0.29) is 23.4 Å². The predicted octanol–water partition coefficient (Wildman–Crippen LogP) is 3.93. The molecule has 0 heterocycles. The molecule has 3 aliphatic carbocycles. The van der Waals surface area contributed by atoms with Crippen molar-refractivity contribution < 1.29 is 9.53 Å². The van der Waals surface area contributed by atoms with Crippen molar-refractivity contribution in [1.29, 1.82) is 0 Å². The SMILES string of the molecule is CC1(C)C2CCC1(C)C(OC(=O)C1CCCC1)C2. The summed E-state index contributed by atoms with van der Waals surface area (Å²) in [5, 5.41) is 0. The lowest BCUT2D eigenvalue weighted by molar-refractivity contribution is -0.161. The van der Waals surface area contributed by atoms with Crippen molar-refractivity contribution in [2.45, 2.75) is 71.8 Å². The van der Waals surface area contributed by atoms with Gasteiger partial charge in [0.15, 0.2) is 0 Å². The van der Waals surface area contributed by atoms with Crippen molar-refractivity contribution in [3.05, 3.63) is 0 Å². The van der Waals surface area contributed by atoms with Crippen LogP contribution in [0.5, 0.6) is 0 Å². The first kappa shape index (κ1) is 12.5. The van der Waals surface area contributed by atoms with Gasteiger partial charge in [0.1, 0.15) is 6.10 Å². The minimum absolute atomic E-state index is 0.0991. The van der Waals surface area contributed by atoms with Crippen LogP contribution in [0.3, 0.4) is 0 Å². The second-order valence-electron chi connectivity index (χ2n) is 7.52. The quantitative estimate of drug-likeness (QED) is 0.694. The summed E-state index contributed by atoms with van der Waals surface area (Å²) < 4.78 is 5.93. The maximum atomic E-state index is 12.2. The van der Waals surface area contributed by atoms with Gasteiger partial charge in [0.2, 0.25) is 0 Å². The van der Waals surface area contributed by atoms with Crippen LogP contribution in [0.4, 0.5) is 0 Å². The molecule has 0 aromatic carbocycles. The fraction of sp³-hybridized carbons (Fsp3) is 0.938. The zero-order valence-electron chi connectivity index (χ0n) is 12.0. The number of ether oxygens (including phenoxy) is 1. The van der Waals surface area contributed by atoms with Crippen molar-refractivity contribution in [2.75, 3.05) is 0 Å². The van der Waals surface area contributed by atoms with Gasteiger partial charge in [-0.15, -0.1) is 0 Å². The lowest BCUT2D eigenvalue weighted by Gasteiger charge is -2.38. The van der Waals surface area contributed by atoms with E-state index < -0.39 is 0 Å². The predicted molar refractivity (Wildman–Crippen MR) is 71.1 cm³/mol. The fourth-order valence-electron chi connectivity index (χ4n) is 4.71. The Morgan fingerprint density at radius 1 is 1.11 bits per heavy atom. The summed E-state index contributed by atoms with van der Waals surface area (Å²) in [6.45, 7) is 7.08. The Bertz CT molecular complexity index is 354. The highest BCUT2D eigenvalue weighted by molar-refractivity contribution is 5.73. The molecule has 0 aromatic rings. The largest absolute Gasteiger partial charge is 0.462 e. The number of esters is 1. The van der Waals surface area contributed by atoms with Crippen LogP contribution in [0, 0.1) is 22.7 Å². The molecular formula is C16H26O2. The molecule has 0 radical (unpaired) electrons. The normalized spacial score (nSPS) is 42.4. The van der Waals surface area contributed by atoms with E-state index in [2.05, 4.69) is 20.8 Å². The Balaban J connectivity index is 1.70. The molecule has 0 amide bonds. The summed E-state index contributed by atoms with van der Waals surface area (Å²) in [5.41, 5.74) is 0.555. The molecule has 18 heavy (non-hydrogen) atoms. The van der Waals surface area contributed by atoms with Crippen molar-refractivity contribution in [3.63, 3.8) is 0 Å². The molecule has 3 unspecified atom stereocenters. The first-order chi connectivity index (χ1) is 8.45. The van der Waals surface area contributed by atoms with E-state index in [1.165, 1.54) is 25.7 Å². The van der Waals surface area contributed by atoms with Gasteiger partial charge in [-0.3, -0.25) is 4.79 Å². The van der Waals surface area contributed by atoms with Crippen LogP contribution in [-0.4, -0.2) is 12.1 Å². The number of hydrogen-bond acceptors (Lipinski definition) is 2. The Labute approximate surface area is 110 Å². The molecule has 3 atom stereocenters. The molecule has 0 spiro atoms. The fourth-order valence-corrected chi connectivity index (χ4v) is 4.71. The van der Waals surface area contributed by atoms with Gasteiger partial charge in [0, 0.05) is 5.41 Å². The highest BCUT2D eigenvalue weighted by atomic mass is 16.5. The van der Waals surface area contributed by atoms with Crippen LogP contribution in [0.15, 0.2) is 0 Å². The minimum Gasteiger partial charge on any atom is -0.462 e. The second kappa shape index (κ2) is 3.98. The van der Waals surface area contributed by atoms with Crippen molar-refractivity contribution in [3.8, 4) is 0 Å². The Morgan fingerprint density at radius 2 is 1.78 bits per heavy atom. The minimum atomic E-state index is 0.0991. The molecule has 0 aromatic heterocycles. The number of rotatable bonds is 2. The molecule has 102 valence electrons. The van der Waals surface area contributed by atoms with Gasteiger partial charge < -0.3 is 4.74 Å². The molecule has 2 bridgehead atoms. The van der Waals surface area contributed by atoms with Gasteiger partial charge in [-0.1, -0.05) is 33.6 Å². The molecule has 3 fully saturated rings. The monoisotopic (exact) mass is 250 g/mol. The van der Waals surface area contributed by atoms with Crippen LogP contribution in [0.25, 0.3) is 0 Å². The lowest BCUT2D eigenvalue weighted by atomic mass is 9.70. The smallest absolute Gasteiger partial charge is 0.309 e. The summed E-state index contributed by atoms with van der Waals surface area (Å²) in [7, 11) is 0. The van der Waals surface area contributed by atoms with Gasteiger partial charge in [-0.05, 0) is 43.4 Å². The summed E-state index contributed by atoms with van der Waals surface area (Å²) >= 11 is 0. The Kier molecular flexibility index (Phi) is 2.76. The average molecular weight is 250 g/mol. The van der Waals surface area contributed by atoms with Gasteiger partial charge in [0.05, 0.1) is 5.92 Å². The molecule has 0 N–H and O–H groups in total. The first-order valence-corrected chi connectivity index (χ1v) is 7.65. The van der Waals surface area contributed by atoms with Crippen LogP contribution >= 0.6 is 0 Å². The second-order valence-corrected chi connectivity index (χ2v) is 7.52. The Morgan fingerprint density at radius 3 is 2.28 bits per heavy atom. The lowest BCUT2D eigenvalue weighted by Crippen LogP contribution is -2.39. The summed E-state index contributed by atoms with van der Waals surface area (Å²) in [5.74, 6) is 1.06. The van der Waals surface area contributed by atoms with Crippen molar-refractivity contribution >= 4 is 5.97 Å². The van der Waals surface area contributed by atoms with Gasteiger partial charge in [-0.25, -0.2) is 0 Å². The number of carbonyl (C=O) groups excluding carboxylic acids is 1. The average Bonchev–Trinajstić information content (AvgIpc) is 2.95. The summed E-state index contributed by atoms with van der Waals surface area (Å²) in [6.07, 6.45) is 8.34. The maximum Gasteiger partial charge on any atom is 0.309 e. The highest BCUT2D eigenvalue weighted by Gasteiger charge is 2.63. The zero-order chi connectivity index (χ0) is 13.0. The van der Waals surface area contributed by atoms with Crippen LogP contribution in [0.2, 0.25) is 0 Å². The maximum absolute atomic E-state index is 12.2. The highest BCUT2D eigenvalue weighted by Crippen LogP contribution is 2.66. The van der Waals surface area contributed by atoms with Crippen molar-refractivity contribution in [1.82, 2.24) is 0 Å². The molecule has 0 saturated heterocycles. The van der Waals surface area contributed by atoms with Crippen LogP contribution in [-0.2, 0) is 9.53 Å². The standard InChI is InChI=1S/C16H26O2/c1-15(2)12-8-9-16(15,3)13(10-12)18-14(17)11-6-4-5-7-11/h11-13H,4-10H2,1-3H3. The molecule has 3 aliphatic rings. The molecule has 2 heteroatoms. The third-order valence-corrected chi connectivity index (χ3v) is 6.66. The number of carbonyl (C=O) groups is 1. The van der Waals surface area contributed by atoms with E-state index in [1.54, 1.807) is 0 Å². The van der Waals surface area contributed by atoms with Gasteiger partial charge in [0.25, 0.3) is 0 Å². The summed E-state index contributed by atoms with van der Waals surface area (Å²) in [4.78, 5) is 12.2. The summed E-state index contributed by atoms with van der Waals surface area (Å²) in [6, 6.07) is 0.